The SMILES string of the molecule is NC(=O)C1=C(O)[C@@]2(O)C(=O)C3=C(O)c4c(O)cccc4C[C@H]3[C@H](OC(=O)Cc3ccccc3)[C@H]2CC1=O. The van der Waals surface area contributed by atoms with Gasteiger partial charge in [-0.3, -0.25) is 19.2 Å². The van der Waals surface area contributed by atoms with E-state index in [2.05, 4.69) is 0 Å². The molecule has 3 aliphatic rings. The van der Waals surface area contributed by atoms with Crippen LogP contribution >= 0.6 is 0 Å². The highest BCUT2D eigenvalue weighted by atomic mass is 16.5. The number of aliphatic hydroxyl groups is 3. The lowest BCUT2D eigenvalue weighted by Crippen LogP contribution is -2.64. The number of aromatic hydroxyl groups is 1. The Morgan fingerprint density at radius 3 is 2.38 bits per heavy atom. The highest BCUT2D eigenvalue weighted by Crippen LogP contribution is 2.52. The Morgan fingerprint density at radius 1 is 1.00 bits per heavy atom. The van der Waals surface area contributed by atoms with Crippen LogP contribution < -0.4 is 5.73 Å². The number of carbonyl (C=O) groups excluding carboxylic acids is 4. The van der Waals surface area contributed by atoms with Crippen LogP contribution in [0.25, 0.3) is 5.76 Å². The number of amides is 1. The van der Waals surface area contributed by atoms with Gasteiger partial charge in [0, 0.05) is 23.8 Å². The molecule has 0 aliphatic heterocycles. The molecule has 6 N–H and O–H groups in total. The van der Waals surface area contributed by atoms with E-state index in [9.17, 15) is 39.6 Å². The lowest BCUT2D eigenvalue weighted by molar-refractivity contribution is -0.177. The quantitative estimate of drug-likeness (QED) is 0.301. The molecule has 0 spiro atoms. The second-order valence-electron chi connectivity index (χ2n) is 9.42. The van der Waals surface area contributed by atoms with Crippen molar-refractivity contribution in [2.75, 3.05) is 0 Å². The zero-order valence-corrected chi connectivity index (χ0v) is 19.4. The summed E-state index contributed by atoms with van der Waals surface area (Å²) < 4.78 is 5.77. The number of hydrogen-bond donors (Lipinski definition) is 5. The molecule has 2 aromatic carbocycles. The Labute approximate surface area is 210 Å². The van der Waals surface area contributed by atoms with Crippen LogP contribution in [-0.2, 0) is 36.8 Å². The number of phenolic OH excluding ortho intramolecular Hbond substituents is 1. The first-order chi connectivity index (χ1) is 17.6. The van der Waals surface area contributed by atoms with Crippen molar-refractivity contribution >= 4 is 29.2 Å². The normalized spacial score (nSPS) is 26.8. The van der Waals surface area contributed by atoms with Crippen LogP contribution in [0.5, 0.6) is 5.75 Å². The molecule has 4 atom stereocenters. The Balaban J connectivity index is 1.67. The molecule has 37 heavy (non-hydrogen) atoms. The van der Waals surface area contributed by atoms with E-state index >= 15 is 0 Å². The first-order valence-corrected chi connectivity index (χ1v) is 11.6. The van der Waals surface area contributed by atoms with E-state index in [1.165, 1.54) is 6.07 Å². The standard InChI is InChI=1S/C27H23NO9/c28-26(35)21-17(30)11-15-23(37-18(31)9-12-5-2-1-3-6-12)14-10-13-7-4-8-16(29)19(13)22(32)20(14)24(33)27(15,36)25(21)34/h1-8,14-15,23,29,32,34,36H,9-11H2,(H2,28,35)/t14-,15-,23+,27+/m1/s1. The number of nitrogens with two attached hydrogens (primary N) is 1. The van der Waals surface area contributed by atoms with E-state index < -0.39 is 76.1 Å². The van der Waals surface area contributed by atoms with Crippen LogP contribution in [-0.4, -0.2) is 55.6 Å². The molecular formula is C27H23NO9. The number of ether oxygens (including phenoxy) is 1. The van der Waals surface area contributed by atoms with Gasteiger partial charge in [-0.2, -0.15) is 0 Å². The average Bonchev–Trinajstić information content (AvgIpc) is 2.84. The molecule has 3 aliphatic carbocycles. The summed E-state index contributed by atoms with van der Waals surface area (Å²) in [5.74, 6) is -8.87. The number of aliphatic hydroxyl groups excluding tert-OH is 2. The number of phenols is 1. The van der Waals surface area contributed by atoms with Gasteiger partial charge in [-0.1, -0.05) is 42.5 Å². The molecular weight excluding hydrogens is 482 g/mol. The van der Waals surface area contributed by atoms with Gasteiger partial charge in [-0.05, 0) is 23.6 Å². The molecule has 1 fully saturated rings. The summed E-state index contributed by atoms with van der Waals surface area (Å²) in [7, 11) is 0. The van der Waals surface area contributed by atoms with E-state index in [1.54, 1.807) is 42.5 Å². The molecule has 10 heteroatoms. The summed E-state index contributed by atoms with van der Waals surface area (Å²) in [5, 5.41) is 43.9. The summed E-state index contributed by atoms with van der Waals surface area (Å²) >= 11 is 0. The maximum Gasteiger partial charge on any atom is 0.310 e. The van der Waals surface area contributed by atoms with Crippen LogP contribution in [0.4, 0.5) is 0 Å². The summed E-state index contributed by atoms with van der Waals surface area (Å²) in [5.41, 5.74) is 2.08. The molecule has 10 nitrogen and oxygen atoms in total. The molecule has 1 saturated carbocycles. The van der Waals surface area contributed by atoms with Crippen molar-refractivity contribution in [3.8, 4) is 5.75 Å². The second kappa shape index (κ2) is 8.59. The number of ketones is 2. The third-order valence-electron chi connectivity index (χ3n) is 7.34. The molecule has 5 rings (SSSR count). The van der Waals surface area contributed by atoms with E-state index in [0.717, 1.165) is 0 Å². The Hall–Kier alpha value is -4.44. The fraction of sp³-hybridized carbons (Fsp3) is 0.259. The van der Waals surface area contributed by atoms with Crippen LogP contribution in [0.3, 0.4) is 0 Å². The zero-order chi connectivity index (χ0) is 26.6. The van der Waals surface area contributed by atoms with Gasteiger partial charge < -0.3 is 30.9 Å². The van der Waals surface area contributed by atoms with Crippen molar-refractivity contribution in [2.45, 2.75) is 31.0 Å². The Bertz CT molecular complexity index is 1420. The van der Waals surface area contributed by atoms with E-state index in [4.69, 9.17) is 10.5 Å². The number of Topliss-reactive ketones (excluding diaryl/α,β-unsaturated/α-hetero) is 2. The Morgan fingerprint density at radius 2 is 1.70 bits per heavy atom. The number of carbonyl (C=O) groups is 4. The fourth-order valence-corrected chi connectivity index (χ4v) is 5.67. The number of rotatable bonds is 4. The third kappa shape index (κ3) is 3.60. The van der Waals surface area contributed by atoms with Gasteiger partial charge in [0.25, 0.3) is 5.91 Å². The third-order valence-corrected chi connectivity index (χ3v) is 7.34. The molecule has 1 amide bonds. The molecule has 0 aromatic heterocycles. The smallest absolute Gasteiger partial charge is 0.310 e. The first kappa shape index (κ1) is 24.3. The van der Waals surface area contributed by atoms with Gasteiger partial charge in [-0.25, -0.2) is 0 Å². The van der Waals surface area contributed by atoms with Crippen molar-refractivity contribution in [2.24, 2.45) is 17.6 Å². The van der Waals surface area contributed by atoms with E-state index in [1.807, 2.05) is 0 Å². The van der Waals surface area contributed by atoms with Crippen molar-refractivity contribution in [3.05, 3.63) is 82.1 Å². The minimum absolute atomic E-state index is 0.0199. The maximum absolute atomic E-state index is 13.7. The number of benzene rings is 2. The highest BCUT2D eigenvalue weighted by molar-refractivity contribution is 6.23. The number of fused-ring (bicyclic) bond motifs is 3. The maximum atomic E-state index is 13.7. The number of hydrogen-bond acceptors (Lipinski definition) is 9. The molecule has 0 bridgehead atoms. The van der Waals surface area contributed by atoms with Crippen LogP contribution in [0, 0.1) is 11.8 Å². The van der Waals surface area contributed by atoms with Gasteiger partial charge in [0.15, 0.2) is 11.4 Å². The first-order valence-electron chi connectivity index (χ1n) is 11.6. The van der Waals surface area contributed by atoms with Crippen molar-refractivity contribution < 1.29 is 44.3 Å². The molecule has 0 unspecified atom stereocenters. The fourth-order valence-electron chi connectivity index (χ4n) is 5.67. The second-order valence-corrected chi connectivity index (χ2v) is 9.42. The number of primary amides is 1. The monoisotopic (exact) mass is 505 g/mol. The van der Waals surface area contributed by atoms with Crippen molar-refractivity contribution in [1.82, 2.24) is 0 Å². The average molecular weight is 505 g/mol. The molecule has 0 saturated heterocycles. The largest absolute Gasteiger partial charge is 0.508 e. The molecule has 0 radical (unpaired) electrons. The lowest BCUT2D eigenvalue weighted by atomic mass is 9.57. The number of esters is 1. The van der Waals surface area contributed by atoms with E-state index in [-0.39, 0.29) is 24.2 Å². The topological polar surface area (TPSA) is 184 Å². The minimum atomic E-state index is -2.88. The molecule has 0 heterocycles. The minimum Gasteiger partial charge on any atom is -0.508 e. The van der Waals surface area contributed by atoms with Crippen molar-refractivity contribution in [3.63, 3.8) is 0 Å². The predicted octanol–water partition coefficient (Wildman–Crippen LogP) is 1.19. The van der Waals surface area contributed by atoms with Gasteiger partial charge in [0.05, 0.1) is 12.0 Å². The summed E-state index contributed by atoms with van der Waals surface area (Å²) in [6.45, 7) is 0. The predicted molar refractivity (Wildman–Crippen MR) is 127 cm³/mol. The van der Waals surface area contributed by atoms with E-state index in [0.29, 0.717) is 11.1 Å². The molecule has 2 aromatic rings. The van der Waals surface area contributed by atoms with Crippen LogP contribution in [0.15, 0.2) is 65.4 Å². The van der Waals surface area contributed by atoms with Gasteiger partial charge in [0.2, 0.25) is 5.78 Å². The van der Waals surface area contributed by atoms with Crippen LogP contribution in [0.2, 0.25) is 0 Å². The van der Waals surface area contributed by atoms with Crippen LogP contribution in [0.1, 0.15) is 23.1 Å². The van der Waals surface area contributed by atoms with Gasteiger partial charge in [0.1, 0.15) is 28.9 Å². The highest BCUT2D eigenvalue weighted by Gasteiger charge is 2.65. The lowest BCUT2D eigenvalue weighted by Gasteiger charge is -2.49. The Kier molecular flexibility index (Phi) is 5.64. The summed E-state index contributed by atoms with van der Waals surface area (Å²) in [6.07, 6.45) is -2.11. The van der Waals surface area contributed by atoms with Gasteiger partial charge >= 0.3 is 5.97 Å². The molecule has 190 valence electrons. The van der Waals surface area contributed by atoms with Gasteiger partial charge in [-0.15, -0.1) is 0 Å². The zero-order valence-electron chi connectivity index (χ0n) is 19.4. The summed E-state index contributed by atoms with van der Waals surface area (Å²) in [6, 6.07) is 13.1. The summed E-state index contributed by atoms with van der Waals surface area (Å²) in [4.78, 5) is 51.4. The van der Waals surface area contributed by atoms with Crippen molar-refractivity contribution in [1.29, 1.82) is 0 Å².